The largest absolute Gasteiger partial charge is 0.455 e. The molecule has 0 aromatic carbocycles. The Kier molecular flexibility index (Phi) is 4.94. The van der Waals surface area contributed by atoms with Crippen LogP contribution in [0.1, 0.15) is 16.3 Å². The monoisotopic (exact) mass is 313 g/mol. The molecule has 1 heterocycles. The molecule has 0 saturated heterocycles. The third kappa shape index (κ3) is 4.11. The predicted molar refractivity (Wildman–Crippen MR) is 67.8 cm³/mol. The summed E-state index contributed by atoms with van der Waals surface area (Å²) in [5.74, 6) is -0.357. The zero-order valence-electron chi connectivity index (χ0n) is 9.73. The molecule has 1 rings (SSSR count). The first kappa shape index (κ1) is 15.2. The number of aryl methyl sites for hydroxylation is 1. The van der Waals surface area contributed by atoms with Gasteiger partial charge in [0.15, 0.2) is 5.76 Å². The van der Waals surface area contributed by atoms with Gasteiger partial charge in [-0.2, -0.15) is 0 Å². The van der Waals surface area contributed by atoms with E-state index in [2.05, 4.69) is 5.32 Å². The van der Waals surface area contributed by atoms with Crippen LogP contribution in [0.5, 0.6) is 0 Å². The number of hydrogen-bond acceptors (Lipinski definition) is 5. The molecule has 18 heavy (non-hydrogen) atoms. The summed E-state index contributed by atoms with van der Waals surface area (Å²) in [5.41, 5.74) is 0. The summed E-state index contributed by atoms with van der Waals surface area (Å²) in [6.45, 7) is 1.61. The smallest absolute Gasteiger partial charge is 0.287 e. The lowest BCUT2D eigenvalue weighted by atomic mass is 10.4. The van der Waals surface area contributed by atoms with Crippen molar-refractivity contribution < 1.29 is 21.8 Å². The molecule has 0 aliphatic heterocycles. The molecule has 1 aromatic heterocycles. The van der Waals surface area contributed by atoms with E-state index in [9.17, 15) is 17.4 Å². The summed E-state index contributed by atoms with van der Waals surface area (Å²) in [6, 6.07) is 1.07. The fraction of sp³-hybridized carbons (Fsp3) is 0.444. The van der Waals surface area contributed by atoms with Gasteiger partial charge in [0.25, 0.3) is 15.0 Å². The predicted octanol–water partition coefficient (Wildman–Crippen LogP) is 0.624. The maximum Gasteiger partial charge on any atom is 0.287 e. The number of amides is 1. The fourth-order valence-corrected chi connectivity index (χ4v) is 2.70. The van der Waals surface area contributed by atoms with Crippen LogP contribution in [0.15, 0.2) is 15.4 Å². The molecule has 1 aromatic rings. The molecule has 0 saturated carbocycles. The van der Waals surface area contributed by atoms with Crippen molar-refractivity contribution in [3.05, 3.63) is 17.6 Å². The van der Waals surface area contributed by atoms with Crippen LogP contribution in [-0.4, -0.2) is 37.1 Å². The molecular formula is C9H12ClNO5S2. The zero-order chi connectivity index (χ0) is 13.9. The van der Waals surface area contributed by atoms with Crippen molar-refractivity contribution in [1.29, 1.82) is 0 Å². The Hall–Kier alpha value is -0.860. The van der Waals surface area contributed by atoms with Crippen LogP contribution in [0, 0.1) is 6.92 Å². The highest BCUT2D eigenvalue weighted by Crippen LogP contribution is 2.23. The molecule has 1 unspecified atom stereocenters. The van der Waals surface area contributed by atoms with Crippen LogP contribution in [0.4, 0.5) is 0 Å². The number of carbonyl (C=O) groups is 1. The van der Waals surface area contributed by atoms with Crippen molar-refractivity contribution in [3.63, 3.8) is 0 Å². The molecule has 6 nitrogen and oxygen atoms in total. The number of nitrogens with one attached hydrogen (secondary N) is 1. The van der Waals surface area contributed by atoms with Crippen molar-refractivity contribution in [3.8, 4) is 0 Å². The Morgan fingerprint density at radius 1 is 1.56 bits per heavy atom. The molecule has 102 valence electrons. The summed E-state index contributed by atoms with van der Waals surface area (Å²) in [7, 11) is 0.224. The SMILES string of the molecule is Cc1oc(C(=O)NCCS(C)=O)cc1S(=O)(=O)Cl. The van der Waals surface area contributed by atoms with Crippen molar-refractivity contribution in [2.24, 2.45) is 0 Å². The van der Waals surface area contributed by atoms with Gasteiger partial charge in [0, 0.05) is 46.1 Å². The Balaban J connectivity index is 2.79. The molecule has 0 aliphatic rings. The Morgan fingerprint density at radius 3 is 2.61 bits per heavy atom. The highest BCUT2D eigenvalue weighted by molar-refractivity contribution is 8.13. The summed E-state index contributed by atoms with van der Waals surface area (Å²) in [5, 5.41) is 2.46. The molecule has 0 bridgehead atoms. The third-order valence-corrected chi connectivity index (χ3v) is 4.24. The lowest BCUT2D eigenvalue weighted by molar-refractivity contribution is 0.0927. The zero-order valence-corrected chi connectivity index (χ0v) is 12.1. The summed E-state index contributed by atoms with van der Waals surface area (Å²) >= 11 is 0. The van der Waals surface area contributed by atoms with Crippen LogP contribution in [-0.2, 0) is 19.9 Å². The number of hydrogen-bond donors (Lipinski definition) is 1. The number of rotatable bonds is 5. The van der Waals surface area contributed by atoms with Crippen LogP contribution in [0.3, 0.4) is 0 Å². The standard InChI is InChI=1S/C9H12ClNO5S2/c1-6-8(18(10,14)15)5-7(16-6)9(12)11-3-4-17(2)13/h5H,3-4H2,1-2H3,(H,11,12). The Bertz CT molecular complexity index is 578. The van der Waals surface area contributed by atoms with E-state index < -0.39 is 25.8 Å². The van der Waals surface area contributed by atoms with Gasteiger partial charge in [-0.3, -0.25) is 9.00 Å². The first-order valence-corrected chi connectivity index (χ1v) is 8.89. The van der Waals surface area contributed by atoms with Gasteiger partial charge in [0.1, 0.15) is 10.7 Å². The van der Waals surface area contributed by atoms with Crippen LogP contribution in [0.25, 0.3) is 0 Å². The molecule has 0 fully saturated rings. The summed E-state index contributed by atoms with van der Waals surface area (Å²) in [4.78, 5) is 11.3. The van der Waals surface area contributed by atoms with Crippen molar-refractivity contribution in [2.75, 3.05) is 18.6 Å². The van der Waals surface area contributed by atoms with Gasteiger partial charge in [0.05, 0.1) is 0 Å². The van der Waals surface area contributed by atoms with E-state index in [1.807, 2.05) is 0 Å². The summed E-state index contributed by atoms with van der Waals surface area (Å²) in [6.07, 6.45) is 1.52. The lowest BCUT2D eigenvalue weighted by Crippen LogP contribution is -2.27. The second-order valence-electron chi connectivity index (χ2n) is 3.50. The highest BCUT2D eigenvalue weighted by atomic mass is 35.7. The molecule has 1 N–H and O–H groups in total. The minimum Gasteiger partial charge on any atom is -0.455 e. The average Bonchev–Trinajstić information content (AvgIpc) is 2.59. The second-order valence-corrected chi connectivity index (χ2v) is 7.59. The van der Waals surface area contributed by atoms with E-state index in [0.29, 0.717) is 5.75 Å². The van der Waals surface area contributed by atoms with Gasteiger partial charge in [-0.1, -0.05) is 0 Å². The topological polar surface area (TPSA) is 93.4 Å². The maximum atomic E-state index is 11.6. The molecule has 1 amide bonds. The Labute approximate surface area is 112 Å². The molecule has 0 spiro atoms. The third-order valence-electron chi connectivity index (χ3n) is 2.03. The molecule has 1 atom stereocenters. The van der Waals surface area contributed by atoms with Crippen LogP contribution < -0.4 is 5.32 Å². The van der Waals surface area contributed by atoms with E-state index in [1.54, 1.807) is 0 Å². The van der Waals surface area contributed by atoms with Crippen molar-refractivity contribution >= 4 is 36.4 Å². The normalized spacial score (nSPS) is 13.3. The number of halogens is 1. The first-order chi connectivity index (χ1) is 8.21. The molecule has 0 aliphatic carbocycles. The van der Waals surface area contributed by atoms with Crippen LogP contribution >= 0.6 is 10.7 Å². The van der Waals surface area contributed by atoms with E-state index >= 15 is 0 Å². The van der Waals surface area contributed by atoms with Crippen molar-refractivity contribution in [2.45, 2.75) is 11.8 Å². The van der Waals surface area contributed by atoms with E-state index in [1.165, 1.54) is 13.2 Å². The van der Waals surface area contributed by atoms with Crippen LogP contribution in [0.2, 0.25) is 0 Å². The number of carbonyl (C=O) groups excluding carboxylic acids is 1. The van der Waals surface area contributed by atoms with Gasteiger partial charge in [-0.15, -0.1) is 0 Å². The quantitative estimate of drug-likeness (QED) is 0.804. The van der Waals surface area contributed by atoms with Gasteiger partial charge in [-0.05, 0) is 6.92 Å². The maximum absolute atomic E-state index is 11.6. The lowest BCUT2D eigenvalue weighted by Gasteiger charge is -2.00. The average molecular weight is 314 g/mol. The van der Waals surface area contributed by atoms with Gasteiger partial charge in [-0.25, -0.2) is 8.42 Å². The van der Waals surface area contributed by atoms with Gasteiger partial charge in [0.2, 0.25) is 0 Å². The second kappa shape index (κ2) is 5.85. The molecule has 9 heteroatoms. The van der Waals surface area contributed by atoms with E-state index in [-0.39, 0.29) is 23.0 Å². The number of furan rings is 1. The minimum absolute atomic E-state index is 0.0502. The molecule has 0 radical (unpaired) electrons. The van der Waals surface area contributed by atoms with Crippen molar-refractivity contribution in [1.82, 2.24) is 5.32 Å². The molecular weight excluding hydrogens is 302 g/mol. The fourth-order valence-electron chi connectivity index (χ4n) is 1.21. The van der Waals surface area contributed by atoms with Gasteiger partial charge >= 0.3 is 0 Å². The Morgan fingerprint density at radius 2 is 2.17 bits per heavy atom. The van der Waals surface area contributed by atoms with E-state index in [0.717, 1.165) is 6.07 Å². The summed E-state index contributed by atoms with van der Waals surface area (Å²) < 4.78 is 38.1. The van der Waals surface area contributed by atoms with Gasteiger partial charge < -0.3 is 9.73 Å². The minimum atomic E-state index is -3.93. The highest BCUT2D eigenvalue weighted by Gasteiger charge is 2.21. The first-order valence-electron chi connectivity index (χ1n) is 4.85. The van der Waals surface area contributed by atoms with E-state index in [4.69, 9.17) is 15.1 Å².